The maximum Gasteiger partial charge on any atom is 0.0331 e. The third-order valence-electron chi connectivity index (χ3n) is 3.42. The first-order chi connectivity index (χ1) is 6.22. The number of rotatable bonds is 2. The van der Waals surface area contributed by atoms with Crippen LogP contribution in [0.25, 0.3) is 0 Å². The maximum absolute atomic E-state index is 2.68. The van der Waals surface area contributed by atoms with E-state index in [2.05, 4.69) is 29.3 Å². The number of hydrogen-bond donors (Lipinski definition) is 0. The van der Waals surface area contributed by atoms with Gasteiger partial charge in [0.25, 0.3) is 0 Å². The fraction of sp³-hybridized carbons (Fsp3) is 1.00. The van der Waals surface area contributed by atoms with Crippen LogP contribution in [0.1, 0.15) is 26.7 Å². The Morgan fingerprint density at radius 2 is 1.85 bits per heavy atom. The maximum atomic E-state index is 2.68. The Balaban J connectivity index is 2.03. The van der Waals surface area contributed by atoms with Crippen LogP contribution in [0, 0.1) is 0 Å². The molecule has 3 aliphatic heterocycles. The molecular formula is C10H20N2S. The van der Waals surface area contributed by atoms with Crippen LogP contribution in [0.15, 0.2) is 0 Å². The highest BCUT2D eigenvalue weighted by Crippen LogP contribution is 2.33. The summed E-state index contributed by atoms with van der Waals surface area (Å²) < 4.78 is 2.58. The number of nitrogens with zero attached hydrogens (tertiary/aromatic N) is 2. The minimum atomic E-state index is 0.733. The highest BCUT2D eigenvalue weighted by atomic mass is 32.2. The van der Waals surface area contributed by atoms with E-state index >= 15 is 0 Å². The molecule has 2 nitrogen and oxygen atoms in total. The largest absolute Gasteiger partial charge is 0.295 e. The number of piperidine rings is 2. The SMILES string of the molecule is CSN1CC2CCC1CN2C(C)C. The molecule has 13 heavy (non-hydrogen) atoms. The van der Waals surface area contributed by atoms with Crippen LogP contribution in [0.5, 0.6) is 0 Å². The molecule has 0 amide bonds. The fourth-order valence-electron chi connectivity index (χ4n) is 2.68. The zero-order chi connectivity index (χ0) is 9.42. The molecule has 3 heteroatoms. The van der Waals surface area contributed by atoms with Gasteiger partial charge in [0.1, 0.15) is 0 Å². The molecule has 3 aliphatic rings. The highest BCUT2D eigenvalue weighted by Gasteiger charge is 2.39. The van der Waals surface area contributed by atoms with E-state index in [0.717, 1.165) is 18.1 Å². The van der Waals surface area contributed by atoms with Crippen LogP contribution in [0.2, 0.25) is 0 Å². The molecule has 2 atom stereocenters. The van der Waals surface area contributed by atoms with Crippen molar-refractivity contribution in [3.8, 4) is 0 Å². The second-order valence-corrected chi connectivity index (χ2v) is 5.29. The molecule has 2 bridgehead atoms. The third-order valence-corrected chi connectivity index (χ3v) is 4.34. The molecule has 0 spiro atoms. The second kappa shape index (κ2) is 3.79. The number of piperazine rings is 1. The van der Waals surface area contributed by atoms with Gasteiger partial charge in [0, 0.05) is 31.2 Å². The Bertz CT molecular complexity index is 184. The zero-order valence-electron chi connectivity index (χ0n) is 8.86. The normalized spacial score (nSPS) is 36.0. The summed E-state index contributed by atoms with van der Waals surface area (Å²) in [5, 5.41) is 0. The van der Waals surface area contributed by atoms with Crippen molar-refractivity contribution in [2.45, 2.75) is 44.8 Å². The van der Waals surface area contributed by atoms with Crippen molar-refractivity contribution in [2.75, 3.05) is 19.3 Å². The van der Waals surface area contributed by atoms with Crippen LogP contribution in [0.3, 0.4) is 0 Å². The number of hydrogen-bond acceptors (Lipinski definition) is 3. The standard InChI is InChI=1S/C10H20N2S/c1-8(2)11-6-10-5-4-9(11)7-12(10)13-3/h8-10H,4-7H2,1-3H3. The molecule has 0 aromatic carbocycles. The first-order valence-electron chi connectivity index (χ1n) is 5.29. The van der Waals surface area contributed by atoms with E-state index < -0.39 is 0 Å². The summed E-state index contributed by atoms with van der Waals surface area (Å²) in [5.41, 5.74) is 0. The van der Waals surface area contributed by atoms with Crippen LogP contribution in [0.4, 0.5) is 0 Å². The van der Waals surface area contributed by atoms with Gasteiger partial charge in [-0.05, 0) is 32.9 Å². The average molecular weight is 200 g/mol. The monoisotopic (exact) mass is 200 g/mol. The molecule has 0 aromatic heterocycles. The molecular weight excluding hydrogens is 180 g/mol. The summed E-state index contributed by atoms with van der Waals surface area (Å²) in [5.74, 6) is 0. The molecule has 0 N–H and O–H groups in total. The molecule has 0 aliphatic carbocycles. The molecule has 3 heterocycles. The van der Waals surface area contributed by atoms with Crippen LogP contribution < -0.4 is 0 Å². The third kappa shape index (κ3) is 1.74. The molecule has 0 aromatic rings. The molecule has 3 fully saturated rings. The quantitative estimate of drug-likeness (QED) is 0.628. The van der Waals surface area contributed by atoms with E-state index in [0.29, 0.717) is 0 Å². The Morgan fingerprint density at radius 3 is 2.31 bits per heavy atom. The Kier molecular flexibility index (Phi) is 2.86. The highest BCUT2D eigenvalue weighted by molar-refractivity contribution is 7.96. The van der Waals surface area contributed by atoms with Gasteiger partial charge < -0.3 is 0 Å². The summed E-state index contributed by atoms with van der Waals surface area (Å²) in [4.78, 5) is 2.68. The minimum absolute atomic E-state index is 0.733. The predicted octanol–water partition coefficient (Wildman–Crippen LogP) is 1.82. The zero-order valence-corrected chi connectivity index (χ0v) is 9.68. The van der Waals surface area contributed by atoms with Crippen molar-refractivity contribution in [2.24, 2.45) is 0 Å². The molecule has 76 valence electrons. The number of fused-ring (bicyclic) bond motifs is 3. The minimum Gasteiger partial charge on any atom is -0.295 e. The summed E-state index contributed by atoms with van der Waals surface area (Å²) >= 11 is 1.93. The van der Waals surface area contributed by atoms with Crippen molar-refractivity contribution in [1.82, 2.24) is 9.21 Å². The first-order valence-corrected chi connectivity index (χ1v) is 6.47. The average Bonchev–Trinajstić information content (AvgIpc) is 2.18. The van der Waals surface area contributed by atoms with Gasteiger partial charge >= 0.3 is 0 Å². The van der Waals surface area contributed by atoms with Crippen LogP contribution in [-0.4, -0.2) is 46.7 Å². The fourth-order valence-corrected chi connectivity index (χ4v) is 3.47. The Hall–Kier alpha value is 0.270. The van der Waals surface area contributed by atoms with Crippen molar-refractivity contribution >= 4 is 11.9 Å². The predicted molar refractivity (Wildman–Crippen MR) is 58.9 cm³/mol. The molecule has 3 saturated heterocycles. The van der Waals surface area contributed by atoms with Crippen molar-refractivity contribution < 1.29 is 0 Å². The van der Waals surface area contributed by atoms with Gasteiger partial charge in [0.05, 0.1) is 0 Å². The molecule has 3 rings (SSSR count). The van der Waals surface area contributed by atoms with E-state index in [1.165, 1.54) is 25.9 Å². The van der Waals surface area contributed by atoms with E-state index in [4.69, 9.17) is 0 Å². The Morgan fingerprint density at radius 1 is 1.15 bits per heavy atom. The van der Waals surface area contributed by atoms with Crippen molar-refractivity contribution in [3.63, 3.8) is 0 Å². The molecule has 0 saturated carbocycles. The lowest BCUT2D eigenvalue weighted by atomic mass is 9.92. The summed E-state index contributed by atoms with van der Waals surface area (Å²) in [6.07, 6.45) is 5.04. The van der Waals surface area contributed by atoms with Crippen molar-refractivity contribution in [1.29, 1.82) is 0 Å². The Labute approximate surface area is 85.8 Å². The lowest BCUT2D eigenvalue weighted by molar-refractivity contribution is 0.00826. The van der Waals surface area contributed by atoms with E-state index in [9.17, 15) is 0 Å². The lowest BCUT2D eigenvalue weighted by Gasteiger charge is -2.52. The van der Waals surface area contributed by atoms with E-state index in [-0.39, 0.29) is 0 Å². The summed E-state index contributed by atoms with van der Waals surface area (Å²) in [7, 11) is 0. The molecule has 0 radical (unpaired) electrons. The van der Waals surface area contributed by atoms with Gasteiger partial charge in [-0.15, -0.1) is 0 Å². The van der Waals surface area contributed by atoms with Gasteiger partial charge in [0.2, 0.25) is 0 Å². The van der Waals surface area contributed by atoms with Gasteiger partial charge in [-0.25, -0.2) is 4.31 Å². The van der Waals surface area contributed by atoms with E-state index in [1.807, 2.05) is 11.9 Å². The van der Waals surface area contributed by atoms with Crippen molar-refractivity contribution in [3.05, 3.63) is 0 Å². The van der Waals surface area contributed by atoms with Gasteiger partial charge in [0.15, 0.2) is 0 Å². The summed E-state index contributed by atoms with van der Waals surface area (Å²) in [6.45, 7) is 7.22. The van der Waals surface area contributed by atoms with E-state index in [1.54, 1.807) is 0 Å². The van der Waals surface area contributed by atoms with Crippen LogP contribution in [-0.2, 0) is 0 Å². The van der Waals surface area contributed by atoms with Gasteiger partial charge in [-0.3, -0.25) is 4.90 Å². The van der Waals surface area contributed by atoms with Gasteiger partial charge in [-0.1, -0.05) is 11.9 Å². The van der Waals surface area contributed by atoms with Crippen LogP contribution >= 0.6 is 11.9 Å². The lowest BCUT2D eigenvalue weighted by Crippen LogP contribution is -2.62. The first kappa shape index (κ1) is 9.81. The molecule has 2 unspecified atom stereocenters. The second-order valence-electron chi connectivity index (χ2n) is 4.46. The topological polar surface area (TPSA) is 6.48 Å². The summed E-state index contributed by atoms with van der Waals surface area (Å²) in [6, 6.07) is 2.39. The smallest absolute Gasteiger partial charge is 0.0331 e. The van der Waals surface area contributed by atoms with Gasteiger partial charge in [-0.2, -0.15) is 0 Å².